The van der Waals surface area contributed by atoms with E-state index in [1.807, 2.05) is 0 Å². The summed E-state index contributed by atoms with van der Waals surface area (Å²) in [4.78, 5) is 72.5. The third-order valence-electron chi connectivity index (χ3n) is 16.1. The first-order chi connectivity index (χ1) is 42.7. The quantitative estimate of drug-likeness (QED) is 0.0222. The Morgan fingerprint density at radius 3 is 0.764 bits per heavy atom. The number of ether oxygens (including phenoxy) is 4. The number of unbranched alkanes of at least 4 members (excludes halogenated alkanes) is 36. The molecule has 0 amide bonds. The number of esters is 4. The van der Waals surface area contributed by atoms with Gasteiger partial charge in [0, 0.05) is 25.7 Å². The molecule has 2 unspecified atom stereocenters. The first-order valence-corrected chi connectivity index (χ1v) is 39.3. The third kappa shape index (κ3) is 64.6. The van der Waals surface area contributed by atoms with Crippen LogP contribution in [0.2, 0.25) is 0 Å². The van der Waals surface area contributed by atoms with E-state index in [1.54, 1.807) is 0 Å². The third-order valence-corrected chi connectivity index (χ3v) is 18.0. The molecular weight excluding hydrogens is 1170 g/mol. The number of aliphatic hydroxyl groups is 1. The molecule has 0 aliphatic rings. The lowest BCUT2D eigenvalue weighted by atomic mass is 10.0. The van der Waals surface area contributed by atoms with Gasteiger partial charge in [-0.1, -0.05) is 299 Å². The van der Waals surface area contributed by atoms with Crippen molar-refractivity contribution in [2.45, 2.75) is 369 Å². The molecule has 3 N–H and O–H groups in total. The SMILES string of the molecule is CCCCCCCCCCCCCC(=O)O[C@H](COC(=O)CCCCCCCCCC(C)C)COP(=O)(O)OC[C@H](O)COP(=O)(O)OC[C@@H](COC(=O)CCCCCCCCCCCCCC(C)C)OC(=O)CCCCCCCCCCCCCC(C)C. The lowest BCUT2D eigenvalue weighted by Gasteiger charge is -2.21. The summed E-state index contributed by atoms with van der Waals surface area (Å²) in [6.45, 7) is 11.8. The van der Waals surface area contributed by atoms with Gasteiger partial charge in [-0.3, -0.25) is 37.3 Å². The molecule has 0 saturated carbocycles. The maximum absolute atomic E-state index is 13.0. The van der Waals surface area contributed by atoms with E-state index in [0.717, 1.165) is 108 Å². The minimum atomic E-state index is -4.95. The van der Waals surface area contributed by atoms with E-state index >= 15 is 0 Å². The van der Waals surface area contributed by atoms with Crippen molar-refractivity contribution in [2.75, 3.05) is 39.6 Å². The molecule has 0 spiro atoms. The summed E-state index contributed by atoms with van der Waals surface area (Å²) in [5.74, 6) is 0.116. The molecule has 0 aromatic rings. The largest absolute Gasteiger partial charge is 0.472 e. The van der Waals surface area contributed by atoms with Crippen LogP contribution in [0.4, 0.5) is 0 Å². The van der Waals surface area contributed by atoms with E-state index in [-0.39, 0.29) is 25.7 Å². The smallest absolute Gasteiger partial charge is 0.462 e. The molecule has 0 bridgehead atoms. The normalized spacial score (nSPS) is 14.2. The van der Waals surface area contributed by atoms with Crippen molar-refractivity contribution in [1.29, 1.82) is 0 Å². The van der Waals surface area contributed by atoms with Crippen LogP contribution in [-0.4, -0.2) is 96.7 Å². The van der Waals surface area contributed by atoms with E-state index in [2.05, 4.69) is 48.5 Å². The molecule has 0 fully saturated rings. The Balaban J connectivity index is 5.25. The monoisotopic (exact) mass is 1310 g/mol. The van der Waals surface area contributed by atoms with Crippen molar-refractivity contribution in [2.24, 2.45) is 17.8 Å². The minimum Gasteiger partial charge on any atom is -0.462 e. The van der Waals surface area contributed by atoms with Gasteiger partial charge in [0.25, 0.3) is 0 Å². The highest BCUT2D eigenvalue weighted by Gasteiger charge is 2.30. The van der Waals surface area contributed by atoms with Gasteiger partial charge in [0.05, 0.1) is 26.4 Å². The molecule has 5 atom stereocenters. The topological polar surface area (TPSA) is 237 Å². The fourth-order valence-electron chi connectivity index (χ4n) is 10.5. The van der Waals surface area contributed by atoms with Crippen LogP contribution in [0, 0.1) is 17.8 Å². The van der Waals surface area contributed by atoms with Gasteiger partial charge in [0.1, 0.15) is 19.3 Å². The van der Waals surface area contributed by atoms with Crippen molar-refractivity contribution in [3.63, 3.8) is 0 Å². The summed E-state index contributed by atoms with van der Waals surface area (Å²) in [5.41, 5.74) is 0. The van der Waals surface area contributed by atoms with Crippen molar-refractivity contribution in [3.8, 4) is 0 Å². The summed E-state index contributed by atoms with van der Waals surface area (Å²) in [6, 6.07) is 0. The molecule has 0 aromatic heterocycles. The molecule has 0 rings (SSSR count). The molecule has 0 saturated heterocycles. The lowest BCUT2D eigenvalue weighted by molar-refractivity contribution is -0.161. The van der Waals surface area contributed by atoms with Crippen LogP contribution in [0.1, 0.15) is 350 Å². The van der Waals surface area contributed by atoms with Crippen LogP contribution in [0.25, 0.3) is 0 Å². The van der Waals surface area contributed by atoms with Gasteiger partial charge in [-0.2, -0.15) is 0 Å². The van der Waals surface area contributed by atoms with E-state index in [1.165, 1.54) is 154 Å². The zero-order valence-corrected chi connectivity index (χ0v) is 59.7. The number of phosphoric ester groups is 2. The van der Waals surface area contributed by atoms with Crippen LogP contribution in [0.5, 0.6) is 0 Å². The second-order valence-corrected chi connectivity index (χ2v) is 29.6. The van der Waals surface area contributed by atoms with E-state index in [0.29, 0.717) is 31.6 Å². The first kappa shape index (κ1) is 87.1. The minimum absolute atomic E-state index is 0.106. The Hall–Kier alpha value is -1.94. The van der Waals surface area contributed by atoms with Gasteiger partial charge in [-0.15, -0.1) is 0 Å². The van der Waals surface area contributed by atoms with Crippen LogP contribution in [-0.2, 0) is 65.4 Å². The standard InChI is InChI=1S/C70H136O17P2/c1-8-9-10-11-12-13-16-24-31-39-46-53-69(74)87-66(58-81-68(73)52-45-38-33-26-29-36-43-50-63(6)7)60-85-89(78,79)83-56-64(71)55-82-88(76,77)84-59-65(86-70(75)54-47-40-32-25-20-15-18-22-28-35-42-49-62(4)5)57-80-67(72)51-44-37-30-23-19-14-17-21-27-34-41-48-61(2)3/h61-66,71H,8-60H2,1-7H3,(H,76,77)(H,78,79)/t64-,65-,66-/m1/s1. The molecule has 89 heavy (non-hydrogen) atoms. The number of hydrogen-bond donors (Lipinski definition) is 3. The second kappa shape index (κ2) is 61.0. The van der Waals surface area contributed by atoms with Gasteiger partial charge >= 0.3 is 39.5 Å². The molecule has 0 aliphatic heterocycles. The van der Waals surface area contributed by atoms with Crippen molar-refractivity contribution in [3.05, 3.63) is 0 Å². The number of hydrogen-bond acceptors (Lipinski definition) is 15. The first-order valence-electron chi connectivity index (χ1n) is 36.3. The van der Waals surface area contributed by atoms with Gasteiger partial charge in [0.15, 0.2) is 12.2 Å². The highest BCUT2D eigenvalue weighted by atomic mass is 31.2. The average molecular weight is 1310 g/mol. The highest BCUT2D eigenvalue weighted by molar-refractivity contribution is 7.47. The Labute approximate surface area is 543 Å². The zero-order valence-electron chi connectivity index (χ0n) is 57.9. The highest BCUT2D eigenvalue weighted by Crippen LogP contribution is 2.45. The molecule has 0 radical (unpaired) electrons. The molecule has 0 aromatic carbocycles. The Bertz CT molecular complexity index is 1750. The van der Waals surface area contributed by atoms with Gasteiger partial charge in [-0.25, -0.2) is 9.13 Å². The molecule has 17 nitrogen and oxygen atoms in total. The number of rotatable bonds is 68. The van der Waals surface area contributed by atoms with E-state index in [9.17, 15) is 43.2 Å². The van der Waals surface area contributed by atoms with E-state index < -0.39 is 97.5 Å². The van der Waals surface area contributed by atoms with Gasteiger partial charge in [0.2, 0.25) is 0 Å². The molecule has 528 valence electrons. The van der Waals surface area contributed by atoms with Crippen LogP contribution in [0.3, 0.4) is 0 Å². The molecule has 19 heteroatoms. The summed E-state index contributed by atoms with van der Waals surface area (Å²) in [7, 11) is -9.90. The van der Waals surface area contributed by atoms with Crippen LogP contribution in [0.15, 0.2) is 0 Å². The number of phosphoric acid groups is 2. The maximum Gasteiger partial charge on any atom is 0.472 e. The number of aliphatic hydroxyl groups excluding tert-OH is 1. The Morgan fingerprint density at radius 2 is 0.517 bits per heavy atom. The predicted molar refractivity (Wildman–Crippen MR) is 358 cm³/mol. The van der Waals surface area contributed by atoms with Gasteiger partial charge < -0.3 is 33.8 Å². The fourth-order valence-corrected chi connectivity index (χ4v) is 12.1. The van der Waals surface area contributed by atoms with Crippen molar-refractivity contribution < 1.29 is 80.2 Å². The van der Waals surface area contributed by atoms with Crippen molar-refractivity contribution in [1.82, 2.24) is 0 Å². The van der Waals surface area contributed by atoms with Crippen LogP contribution >= 0.6 is 15.6 Å². The van der Waals surface area contributed by atoms with E-state index in [4.69, 9.17) is 37.0 Å². The fraction of sp³-hybridized carbons (Fsp3) is 0.943. The predicted octanol–water partition coefficient (Wildman–Crippen LogP) is 19.8. The van der Waals surface area contributed by atoms with Gasteiger partial charge in [-0.05, 0) is 43.4 Å². The molecule has 0 aliphatic carbocycles. The zero-order chi connectivity index (χ0) is 65.9. The number of carbonyl (C=O) groups is 4. The average Bonchev–Trinajstić information content (AvgIpc) is 3.56. The second-order valence-electron chi connectivity index (χ2n) is 26.7. The summed E-state index contributed by atoms with van der Waals surface area (Å²) in [5, 5.41) is 10.6. The summed E-state index contributed by atoms with van der Waals surface area (Å²) >= 11 is 0. The van der Waals surface area contributed by atoms with Crippen LogP contribution < -0.4 is 0 Å². The summed E-state index contributed by atoms with van der Waals surface area (Å²) in [6.07, 6.45) is 44.4. The summed E-state index contributed by atoms with van der Waals surface area (Å²) < 4.78 is 68.3. The van der Waals surface area contributed by atoms with Crippen molar-refractivity contribution >= 4 is 39.5 Å². The maximum atomic E-state index is 13.0. The molecule has 0 heterocycles. The lowest BCUT2D eigenvalue weighted by Crippen LogP contribution is -2.30. The Morgan fingerprint density at radius 1 is 0.303 bits per heavy atom. The molecular formula is C70H136O17P2. The Kier molecular flexibility index (Phi) is 59.6. The number of carbonyl (C=O) groups excluding carboxylic acids is 4.